The molecule has 1 N–H and O–H groups in total. The molecule has 0 unspecified atom stereocenters. The predicted octanol–water partition coefficient (Wildman–Crippen LogP) is 3.72. The molecule has 0 fully saturated rings. The molecular formula is C16H20N2O. The van der Waals surface area contributed by atoms with E-state index in [0.717, 1.165) is 23.6 Å². The molecule has 2 aromatic rings. The smallest absolute Gasteiger partial charge is 0.150 e. The lowest BCUT2D eigenvalue weighted by Crippen LogP contribution is -2.06. The number of hydrogen-bond acceptors (Lipinski definition) is 3. The first-order valence-electron chi connectivity index (χ1n) is 6.56. The van der Waals surface area contributed by atoms with Gasteiger partial charge in [-0.15, -0.1) is 0 Å². The van der Waals surface area contributed by atoms with Crippen LogP contribution in [0.15, 0.2) is 42.7 Å². The molecular weight excluding hydrogens is 236 g/mol. The summed E-state index contributed by atoms with van der Waals surface area (Å²) in [4.78, 5) is 4.13. The molecule has 2 rings (SSSR count). The van der Waals surface area contributed by atoms with Gasteiger partial charge in [-0.3, -0.25) is 4.98 Å². The summed E-state index contributed by atoms with van der Waals surface area (Å²) in [6, 6.07) is 10.2. The second kappa shape index (κ2) is 6.34. The average Bonchev–Trinajstić information content (AvgIpc) is 2.41. The lowest BCUT2D eigenvalue weighted by Gasteiger charge is -2.12. The molecule has 0 aliphatic heterocycles. The Kier molecular flexibility index (Phi) is 4.53. The van der Waals surface area contributed by atoms with Gasteiger partial charge in [0.15, 0.2) is 0 Å². The fraction of sp³-hybridized carbons (Fsp3) is 0.312. The first-order valence-corrected chi connectivity index (χ1v) is 6.56. The van der Waals surface area contributed by atoms with E-state index in [4.69, 9.17) is 4.74 Å². The SMILES string of the molecule is CNCc1ccncc1Oc1cccc(C(C)C)c1. The minimum Gasteiger partial charge on any atom is -0.455 e. The van der Waals surface area contributed by atoms with Gasteiger partial charge in [-0.05, 0) is 36.7 Å². The van der Waals surface area contributed by atoms with Gasteiger partial charge in [-0.2, -0.15) is 0 Å². The molecule has 1 heterocycles. The van der Waals surface area contributed by atoms with Crippen LogP contribution in [-0.2, 0) is 6.54 Å². The van der Waals surface area contributed by atoms with Crippen LogP contribution in [0.1, 0.15) is 30.9 Å². The largest absolute Gasteiger partial charge is 0.455 e. The van der Waals surface area contributed by atoms with Crippen molar-refractivity contribution >= 4 is 0 Å². The van der Waals surface area contributed by atoms with Crippen LogP contribution in [0, 0.1) is 0 Å². The molecule has 1 aromatic carbocycles. The molecule has 1 aromatic heterocycles. The van der Waals surface area contributed by atoms with Crippen molar-refractivity contribution in [2.24, 2.45) is 0 Å². The summed E-state index contributed by atoms with van der Waals surface area (Å²) in [5.41, 5.74) is 2.38. The highest BCUT2D eigenvalue weighted by atomic mass is 16.5. The van der Waals surface area contributed by atoms with Crippen LogP contribution in [0.25, 0.3) is 0 Å². The monoisotopic (exact) mass is 256 g/mol. The Hall–Kier alpha value is -1.87. The van der Waals surface area contributed by atoms with Gasteiger partial charge in [0.05, 0.1) is 6.20 Å². The highest BCUT2D eigenvalue weighted by Gasteiger charge is 2.06. The molecule has 0 bridgehead atoms. The lowest BCUT2D eigenvalue weighted by molar-refractivity contribution is 0.470. The lowest BCUT2D eigenvalue weighted by atomic mass is 10.0. The Morgan fingerprint density at radius 2 is 2.11 bits per heavy atom. The molecule has 19 heavy (non-hydrogen) atoms. The summed E-state index contributed by atoms with van der Waals surface area (Å²) in [6.45, 7) is 5.12. The summed E-state index contributed by atoms with van der Waals surface area (Å²) < 4.78 is 5.95. The summed E-state index contributed by atoms with van der Waals surface area (Å²) in [6.07, 6.45) is 3.54. The molecule has 3 heteroatoms. The Balaban J connectivity index is 2.23. The van der Waals surface area contributed by atoms with Crippen LogP contribution in [0.4, 0.5) is 0 Å². The number of pyridine rings is 1. The van der Waals surface area contributed by atoms with E-state index in [9.17, 15) is 0 Å². The van der Waals surface area contributed by atoms with Crippen molar-refractivity contribution in [1.29, 1.82) is 0 Å². The second-order valence-electron chi connectivity index (χ2n) is 4.84. The topological polar surface area (TPSA) is 34.2 Å². The van der Waals surface area contributed by atoms with E-state index in [0.29, 0.717) is 5.92 Å². The van der Waals surface area contributed by atoms with Crippen molar-refractivity contribution in [1.82, 2.24) is 10.3 Å². The highest BCUT2D eigenvalue weighted by Crippen LogP contribution is 2.27. The molecule has 0 aliphatic rings. The summed E-state index contributed by atoms with van der Waals surface area (Å²) >= 11 is 0. The predicted molar refractivity (Wildman–Crippen MR) is 77.6 cm³/mol. The van der Waals surface area contributed by atoms with Gasteiger partial charge in [0.2, 0.25) is 0 Å². The van der Waals surface area contributed by atoms with Crippen LogP contribution in [-0.4, -0.2) is 12.0 Å². The van der Waals surface area contributed by atoms with Gasteiger partial charge in [0.25, 0.3) is 0 Å². The Labute approximate surface area is 114 Å². The minimum absolute atomic E-state index is 0.495. The Bertz CT molecular complexity index is 538. The number of hydrogen-bond donors (Lipinski definition) is 1. The van der Waals surface area contributed by atoms with Crippen molar-refractivity contribution in [3.63, 3.8) is 0 Å². The standard InChI is InChI=1S/C16H20N2O/c1-12(2)13-5-4-6-15(9-13)19-16-11-18-8-7-14(16)10-17-3/h4-9,11-12,17H,10H2,1-3H3. The van der Waals surface area contributed by atoms with Gasteiger partial charge >= 0.3 is 0 Å². The minimum atomic E-state index is 0.495. The van der Waals surface area contributed by atoms with Gasteiger partial charge in [0.1, 0.15) is 11.5 Å². The first kappa shape index (κ1) is 13.6. The molecule has 0 saturated heterocycles. The fourth-order valence-corrected chi connectivity index (χ4v) is 1.90. The normalized spacial score (nSPS) is 10.7. The Morgan fingerprint density at radius 1 is 1.26 bits per heavy atom. The quantitative estimate of drug-likeness (QED) is 0.885. The zero-order chi connectivity index (χ0) is 13.7. The van der Waals surface area contributed by atoms with Crippen LogP contribution in [0.2, 0.25) is 0 Å². The van der Waals surface area contributed by atoms with E-state index >= 15 is 0 Å². The summed E-state index contributed by atoms with van der Waals surface area (Å²) in [5.74, 6) is 2.16. The van der Waals surface area contributed by atoms with E-state index in [1.54, 1.807) is 12.4 Å². The van der Waals surface area contributed by atoms with E-state index in [1.807, 2.05) is 25.2 Å². The molecule has 0 radical (unpaired) electrons. The maximum Gasteiger partial charge on any atom is 0.150 e. The van der Waals surface area contributed by atoms with E-state index in [1.165, 1.54) is 5.56 Å². The van der Waals surface area contributed by atoms with Crippen LogP contribution < -0.4 is 10.1 Å². The third kappa shape index (κ3) is 3.55. The van der Waals surface area contributed by atoms with Crippen LogP contribution in [0.3, 0.4) is 0 Å². The van der Waals surface area contributed by atoms with Gasteiger partial charge < -0.3 is 10.1 Å². The van der Waals surface area contributed by atoms with E-state index in [2.05, 4.69) is 36.3 Å². The maximum absolute atomic E-state index is 5.95. The maximum atomic E-state index is 5.95. The first-order chi connectivity index (χ1) is 9.20. The molecule has 0 aliphatic carbocycles. The van der Waals surface area contributed by atoms with Crippen molar-refractivity contribution in [3.05, 3.63) is 53.9 Å². The third-order valence-electron chi connectivity index (χ3n) is 2.99. The highest BCUT2D eigenvalue weighted by molar-refractivity contribution is 5.37. The molecule has 0 spiro atoms. The fourth-order valence-electron chi connectivity index (χ4n) is 1.90. The van der Waals surface area contributed by atoms with Gasteiger partial charge in [-0.1, -0.05) is 26.0 Å². The van der Waals surface area contributed by atoms with Gasteiger partial charge in [0, 0.05) is 18.3 Å². The average molecular weight is 256 g/mol. The molecule has 0 atom stereocenters. The third-order valence-corrected chi connectivity index (χ3v) is 2.99. The van der Waals surface area contributed by atoms with E-state index in [-0.39, 0.29) is 0 Å². The molecule has 3 nitrogen and oxygen atoms in total. The number of nitrogens with zero attached hydrogens (tertiary/aromatic N) is 1. The number of benzene rings is 1. The van der Waals surface area contributed by atoms with Crippen molar-refractivity contribution in [2.75, 3.05) is 7.05 Å². The zero-order valence-corrected chi connectivity index (χ0v) is 11.7. The number of aromatic nitrogens is 1. The van der Waals surface area contributed by atoms with E-state index < -0.39 is 0 Å². The Morgan fingerprint density at radius 3 is 2.84 bits per heavy atom. The van der Waals surface area contributed by atoms with Crippen LogP contribution >= 0.6 is 0 Å². The molecule has 0 amide bonds. The second-order valence-corrected chi connectivity index (χ2v) is 4.84. The summed E-state index contributed by atoms with van der Waals surface area (Å²) in [5, 5.41) is 3.13. The van der Waals surface area contributed by atoms with Crippen LogP contribution in [0.5, 0.6) is 11.5 Å². The molecule has 100 valence electrons. The van der Waals surface area contributed by atoms with Crippen molar-refractivity contribution in [3.8, 4) is 11.5 Å². The number of nitrogens with one attached hydrogen (secondary N) is 1. The molecule has 0 saturated carbocycles. The van der Waals surface area contributed by atoms with Crippen molar-refractivity contribution in [2.45, 2.75) is 26.3 Å². The summed E-state index contributed by atoms with van der Waals surface area (Å²) in [7, 11) is 1.92. The van der Waals surface area contributed by atoms with Gasteiger partial charge in [-0.25, -0.2) is 0 Å². The number of ether oxygens (including phenoxy) is 1. The van der Waals surface area contributed by atoms with Crippen molar-refractivity contribution < 1.29 is 4.74 Å². The zero-order valence-electron chi connectivity index (χ0n) is 11.7. The number of rotatable bonds is 5.